The lowest BCUT2D eigenvalue weighted by Crippen LogP contribution is -2.15. The van der Waals surface area contributed by atoms with E-state index in [0.29, 0.717) is 34.0 Å². The van der Waals surface area contributed by atoms with Gasteiger partial charge in [-0.25, -0.2) is 0 Å². The first-order chi connectivity index (χ1) is 12.0. The fourth-order valence-corrected chi connectivity index (χ4v) is 2.92. The average molecular weight is 399 g/mol. The molecule has 3 aromatic rings. The van der Waals surface area contributed by atoms with Crippen molar-refractivity contribution < 1.29 is 4.79 Å². The maximum absolute atomic E-state index is 12.0. The molecule has 0 radical (unpaired) electrons. The quantitative estimate of drug-likeness (QED) is 0.679. The number of aryl methyl sites for hydroxylation is 1. The van der Waals surface area contributed by atoms with Crippen molar-refractivity contribution in [2.24, 2.45) is 0 Å². The van der Waals surface area contributed by atoms with Crippen molar-refractivity contribution in [2.45, 2.75) is 19.5 Å². The molecule has 0 aliphatic heterocycles. The number of aromatic nitrogens is 4. The summed E-state index contributed by atoms with van der Waals surface area (Å²) >= 11 is 18.1. The summed E-state index contributed by atoms with van der Waals surface area (Å²) in [5, 5.41) is 12.8. The van der Waals surface area contributed by atoms with Crippen LogP contribution in [0.4, 0.5) is 5.82 Å². The number of hydrogen-bond donors (Lipinski definition) is 1. The van der Waals surface area contributed by atoms with Gasteiger partial charge in [-0.15, -0.1) is 0 Å². The molecule has 9 heteroatoms. The van der Waals surface area contributed by atoms with E-state index in [1.807, 2.05) is 0 Å². The van der Waals surface area contributed by atoms with Crippen LogP contribution in [0.15, 0.2) is 42.9 Å². The predicted molar refractivity (Wildman–Crippen MR) is 98.3 cm³/mol. The summed E-state index contributed by atoms with van der Waals surface area (Å²) in [5.74, 6) is 0.305. The summed E-state index contributed by atoms with van der Waals surface area (Å²) in [5.41, 5.74) is 0.780. The van der Waals surface area contributed by atoms with Gasteiger partial charge in [0.2, 0.25) is 5.91 Å². The van der Waals surface area contributed by atoms with Crippen LogP contribution in [0.3, 0.4) is 0 Å². The highest BCUT2D eigenvalue weighted by Gasteiger charge is 2.09. The summed E-state index contributed by atoms with van der Waals surface area (Å²) in [4.78, 5) is 12.0. The smallest absolute Gasteiger partial charge is 0.227 e. The molecule has 0 bridgehead atoms. The minimum absolute atomic E-state index is 0.160. The van der Waals surface area contributed by atoms with Gasteiger partial charge in [0, 0.05) is 47.0 Å². The Morgan fingerprint density at radius 2 is 1.88 bits per heavy atom. The second-order valence-corrected chi connectivity index (χ2v) is 6.57. The molecule has 0 spiro atoms. The van der Waals surface area contributed by atoms with Crippen LogP contribution in [0.2, 0.25) is 15.1 Å². The molecule has 0 aliphatic carbocycles. The summed E-state index contributed by atoms with van der Waals surface area (Å²) < 4.78 is 3.27. The summed E-state index contributed by atoms with van der Waals surface area (Å²) in [7, 11) is 0. The number of halogens is 3. The number of carbonyl (C=O) groups excluding carboxylic acids is 1. The molecule has 0 atom stereocenters. The zero-order valence-electron chi connectivity index (χ0n) is 13.0. The van der Waals surface area contributed by atoms with Crippen LogP contribution >= 0.6 is 34.8 Å². The van der Waals surface area contributed by atoms with Gasteiger partial charge in [-0.05, 0) is 12.1 Å². The minimum Gasteiger partial charge on any atom is -0.309 e. The van der Waals surface area contributed by atoms with E-state index in [1.165, 1.54) is 6.20 Å². The van der Waals surface area contributed by atoms with E-state index in [0.717, 1.165) is 5.56 Å². The lowest BCUT2D eigenvalue weighted by Gasteiger charge is -2.07. The standard InChI is InChI=1S/C16H14Cl3N5O/c17-11-8-20-23(9-11)7-5-16(25)21-15-4-6-24(22-15)10-12-13(18)2-1-3-14(12)19/h1-4,6,8-9H,5,7,10H2,(H,21,22,25). The molecular formula is C16H14Cl3N5O. The maximum Gasteiger partial charge on any atom is 0.227 e. The van der Waals surface area contributed by atoms with Crippen molar-refractivity contribution in [2.75, 3.05) is 5.32 Å². The van der Waals surface area contributed by atoms with Gasteiger partial charge in [0.1, 0.15) is 0 Å². The van der Waals surface area contributed by atoms with Crippen LogP contribution in [-0.2, 0) is 17.9 Å². The number of amides is 1. The molecule has 3 rings (SSSR count). The third kappa shape index (κ3) is 4.75. The largest absolute Gasteiger partial charge is 0.309 e. The third-order valence-electron chi connectivity index (χ3n) is 3.46. The number of carbonyl (C=O) groups is 1. The van der Waals surface area contributed by atoms with Crippen LogP contribution in [0.25, 0.3) is 0 Å². The molecule has 0 saturated carbocycles. The van der Waals surface area contributed by atoms with Gasteiger partial charge in [0.05, 0.1) is 17.8 Å². The normalized spacial score (nSPS) is 10.8. The van der Waals surface area contributed by atoms with Gasteiger partial charge in [-0.1, -0.05) is 40.9 Å². The molecule has 2 aromatic heterocycles. The Hall–Kier alpha value is -2.02. The zero-order valence-corrected chi connectivity index (χ0v) is 15.3. The van der Waals surface area contributed by atoms with Gasteiger partial charge in [0.25, 0.3) is 0 Å². The Morgan fingerprint density at radius 3 is 2.56 bits per heavy atom. The lowest BCUT2D eigenvalue weighted by molar-refractivity contribution is -0.116. The highest BCUT2D eigenvalue weighted by atomic mass is 35.5. The molecule has 25 heavy (non-hydrogen) atoms. The zero-order chi connectivity index (χ0) is 17.8. The number of benzene rings is 1. The molecule has 6 nitrogen and oxygen atoms in total. The van der Waals surface area contributed by atoms with Crippen LogP contribution in [0.5, 0.6) is 0 Å². The number of nitrogens with one attached hydrogen (secondary N) is 1. The third-order valence-corrected chi connectivity index (χ3v) is 4.36. The van der Waals surface area contributed by atoms with Gasteiger partial charge < -0.3 is 5.32 Å². The number of nitrogens with zero attached hydrogens (tertiary/aromatic N) is 4. The van der Waals surface area contributed by atoms with E-state index in [2.05, 4.69) is 15.5 Å². The van der Waals surface area contributed by atoms with Gasteiger partial charge in [0.15, 0.2) is 5.82 Å². The van der Waals surface area contributed by atoms with Crippen LogP contribution < -0.4 is 5.32 Å². The molecule has 0 unspecified atom stereocenters. The van der Waals surface area contributed by atoms with E-state index in [-0.39, 0.29) is 12.3 Å². The maximum atomic E-state index is 12.0. The highest BCUT2D eigenvalue weighted by molar-refractivity contribution is 6.36. The van der Waals surface area contributed by atoms with Crippen molar-refractivity contribution in [3.8, 4) is 0 Å². The molecule has 1 amide bonds. The first-order valence-corrected chi connectivity index (χ1v) is 8.59. The van der Waals surface area contributed by atoms with E-state index in [9.17, 15) is 4.79 Å². The lowest BCUT2D eigenvalue weighted by atomic mass is 10.2. The number of hydrogen-bond acceptors (Lipinski definition) is 3. The van der Waals surface area contributed by atoms with Crippen LogP contribution in [0, 0.1) is 0 Å². The van der Waals surface area contributed by atoms with Crippen molar-refractivity contribution in [1.82, 2.24) is 19.6 Å². The molecule has 1 aromatic carbocycles. The number of rotatable bonds is 6. The first-order valence-electron chi connectivity index (χ1n) is 7.45. The molecule has 0 saturated heterocycles. The van der Waals surface area contributed by atoms with Gasteiger partial charge >= 0.3 is 0 Å². The van der Waals surface area contributed by atoms with Crippen molar-refractivity contribution in [1.29, 1.82) is 0 Å². The second-order valence-electron chi connectivity index (χ2n) is 5.32. The Bertz CT molecular complexity index is 869. The summed E-state index contributed by atoms with van der Waals surface area (Å²) in [6.45, 7) is 0.856. The Kier molecular flexibility index (Phi) is 5.63. The van der Waals surface area contributed by atoms with E-state index in [4.69, 9.17) is 34.8 Å². The molecule has 0 fully saturated rings. The summed E-state index contributed by atoms with van der Waals surface area (Å²) in [6.07, 6.45) is 5.21. The first kappa shape index (κ1) is 17.8. The van der Waals surface area contributed by atoms with Gasteiger partial charge in [-0.2, -0.15) is 10.2 Å². The van der Waals surface area contributed by atoms with Crippen LogP contribution in [0.1, 0.15) is 12.0 Å². The fourth-order valence-electron chi connectivity index (χ4n) is 2.24. The SMILES string of the molecule is O=C(CCn1cc(Cl)cn1)Nc1ccn(Cc2c(Cl)cccc2Cl)n1. The van der Waals surface area contributed by atoms with Crippen molar-refractivity contribution >= 4 is 46.5 Å². The molecule has 2 heterocycles. The predicted octanol–water partition coefficient (Wildman–Crippen LogP) is 4.12. The van der Waals surface area contributed by atoms with E-state index in [1.54, 1.807) is 46.0 Å². The monoisotopic (exact) mass is 397 g/mol. The van der Waals surface area contributed by atoms with E-state index >= 15 is 0 Å². The number of anilines is 1. The summed E-state index contributed by atoms with van der Waals surface area (Å²) in [6, 6.07) is 7.05. The fraction of sp³-hybridized carbons (Fsp3) is 0.188. The van der Waals surface area contributed by atoms with Crippen LogP contribution in [-0.4, -0.2) is 25.5 Å². The van der Waals surface area contributed by atoms with E-state index < -0.39 is 0 Å². The molecule has 130 valence electrons. The van der Waals surface area contributed by atoms with Gasteiger partial charge in [-0.3, -0.25) is 14.2 Å². The average Bonchev–Trinajstić information content (AvgIpc) is 3.18. The second kappa shape index (κ2) is 7.91. The molecule has 0 aliphatic rings. The Morgan fingerprint density at radius 1 is 1.12 bits per heavy atom. The molecular weight excluding hydrogens is 385 g/mol. The van der Waals surface area contributed by atoms with Crippen molar-refractivity contribution in [3.63, 3.8) is 0 Å². The Labute approximate surface area is 159 Å². The molecule has 1 N–H and O–H groups in total. The minimum atomic E-state index is -0.160. The highest BCUT2D eigenvalue weighted by Crippen LogP contribution is 2.25. The van der Waals surface area contributed by atoms with Crippen molar-refractivity contribution in [3.05, 3.63) is 63.5 Å². The Balaban J connectivity index is 1.57. The topological polar surface area (TPSA) is 64.7 Å².